The minimum absolute atomic E-state index is 0.561. The van der Waals surface area contributed by atoms with E-state index in [9.17, 15) is 5.11 Å². The summed E-state index contributed by atoms with van der Waals surface area (Å²) in [5.41, 5.74) is -0.594. The first-order chi connectivity index (χ1) is 10.0. The Balaban J connectivity index is 1.93. The van der Waals surface area contributed by atoms with Crippen molar-refractivity contribution in [2.75, 3.05) is 23.7 Å². The summed E-state index contributed by atoms with van der Waals surface area (Å²) in [5.74, 6) is 3.13. The molecule has 1 saturated carbocycles. The Kier molecular flexibility index (Phi) is 5.39. The molecule has 0 saturated heterocycles. The van der Waals surface area contributed by atoms with Crippen LogP contribution in [0.4, 0.5) is 11.6 Å². The molecule has 5 heteroatoms. The van der Waals surface area contributed by atoms with E-state index in [2.05, 4.69) is 27.5 Å². The normalized spacial score (nSPS) is 25.6. The van der Waals surface area contributed by atoms with Gasteiger partial charge in [0.1, 0.15) is 17.5 Å². The number of hydrogen-bond donors (Lipinski definition) is 3. The van der Waals surface area contributed by atoms with Crippen molar-refractivity contribution >= 4 is 11.6 Å². The van der Waals surface area contributed by atoms with Gasteiger partial charge in [-0.25, -0.2) is 9.97 Å². The van der Waals surface area contributed by atoms with Crippen LogP contribution >= 0.6 is 0 Å². The van der Waals surface area contributed by atoms with Crippen LogP contribution in [0.15, 0.2) is 6.07 Å². The van der Waals surface area contributed by atoms with Crippen LogP contribution in [-0.4, -0.2) is 33.8 Å². The number of nitrogens with zero attached hydrogens (tertiary/aromatic N) is 2. The fourth-order valence-corrected chi connectivity index (χ4v) is 2.98. The molecule has 0 aliphatic heterocycles. The van der Waals surface area contributed by atoms with Crippen LogP contribution in [0.2, 0.25) is 0 Å². The maximum absolute atomic E-state index is 10.7. The Labute approximate surface area is 127 Å². The van der Waals surface area contributed by atoms with Crippen molar-refractivity contribution in [3.8, 4) is 0 Å². The minimum Gasteiger partial charge on any atom is -0.388 e. The van der Waals surface area contributed by atoms with Gasteiger partial charge >= 0.3 is 0 Å². The van der Waals surface area contributed by atoms with Crippen LogP contribution in [-0.2, 0) is 0 Å². The Morgan fingerprint density at radius 3 is 2.38 bits per heavy atom. The number of anilines is 2. The topological polar surface area (TPSA) is 70.1 Å². The maximum Gasteiger partial charge on any atom is 0.131 e. The molecule has 5 nitrogen and oxygen atoms in total. The Hall–Kier alpha value is -1.36. The molecule has 0 amide bonds. The quantitative estimate of drug-likeness (QED) is 0.752. The zero-order valence-electron chi connectivity index (χ0n) is 13.4. The lowest BCUT2D eigenvalue weighted by Crippen LogP contribution is -2.40. The lowest BCUT2D eigenvalue weighted by Gasteiger charge is -2.36. The number of nitrogens with one attached hydrogen (secondary N) is 2. The monoisotopic (exact) mass is 292 g/mol. The van der Waals surface area contributed by atoms with Gasteiger partial charge in [-0.1, -0.05) is 13.3 Å². The molecule has 1 aromatic heterocycles. The molecular weight excluding hydrogens is 264 g/mol. The molecule has 2 rings (SSSR count). The molecule has 1 aliphatic rings. The highest BCUT2D eigenvalue weighted by Crippen LogP contribution is 2.33. The molecule has 1 fully saturated rings. The van der Waals surface area contributed by atoms with Crippen molar-refractivity contribution in [3.05, 3.63) is 11.9 Å². The van der Waals surface area contributed by atoms with Gasteiger partial charge in [0.05, 0.1) is 5.60 Å². The van der Waals surface area contributed by atoms with E-state index in [1.165, 1.54) is 6.42 Å². The summed E-state index contributed by atoms with van der Waals surface area (Å²) in [6.45, 7) is 7.55. The van der Waals surface area contributed by atoms with E-state index in [-0.39, 0.29) is 0 Å². The highest BCUT2D eigenvalue weighted by Gasteiger charge is 2.32. The maximum atomic E-state index is 10.7. The van der Waals surface area contributed by atoms with Crippen molar-refractivity contribution in [2.24, 2.45) is 5.92 Å². The third-order valence-electron chi connectivity index (χ3n) is 4.41. The number of aromatic nitrogens is 2. The van der Waals surface area contributed by atoms with Crippen molar-refractivity contribution in [1.82, 2.24) is 9.97 Å². The van der Waals surface area contributed by atoms with Gasteiger partial charge in [-0.2, -0.15) is 0 Å². The summed E-state index contributed by atoms with van der Waals surface area (Å²) in [4.78, 5) is 8.72. The van der Waals surface area contributed by atoms with E-state index < -0.39 is 5.60 Å². The average Bonchev–Trinajstić information content (AvgIpc) is 2.46. The SMILES string of the molecule is CCNc1cc(NCC2(O)CCC(CC)CC2)nc(C)n1. The lowest BCUT2D eigenvalue weighted by molar-refractivity contribution is 0.00222. The van der Waals surface area contributed by atoms with E-state index in [0.717, 1.165) is 55.6 Å². The van der Waals surface area contributed by atoms with Crippen molar-refractivity contribution in [3.63, 3.8) is 0 Å². The number of rotatable bonds is 6. The zero-order chi connectivity index (χ0) is 15.3. The third kappa shape index (κ3) is 4.56. The molecule has 3 N–H and O–H groups in total. The highest BCUT2D eigenvalue weighted by atomic mass is 16.3. The molecule has 118 valence electrons. The highest BCUT2D eigenvalue weighted by molar-refractivity contribution is 5.47. The second-order valence-electron chi connectivity index (χ2n) is 6.15. The van der Waals surface area contributed by atoms with E-state index in [0.29, 0.717) is 6.54 Å². The van der Waals surface area contributed by atoms with Crippen LogP contribution < -0.4 is 10.6 Å². The van der Waals surface area contributed by atoms with Crippen LogP contribution in [0.1, 0.15) is 51.8 Å². The second-order valence-corrected chi connectivity index (χ2v) is 6.15. The number of aliphatic hydroxyl groups is 1. The molecule has 0 spiro atoms. The van der Waals surface area contributed by atoms with Crippen LogP contribution in [0.5, 0.6) is 0 Å². The van der Waals surface area contributed by atoms with Gasteiger partial charge in [0.15, 0.2) is 0 Å². The first-order valence-electron chi connectivity index (χ1n) is 8.10. The molecular formula is C16H28N4O. The zero-order valence-corrected chi connectivity index (χ0v) is 13.4. The molecule has 1 heterocycles. The second kappa shape index (κ2) is 7.07. The van der Waals surface area contributed by atoms with Crippen LogP contribution in [0.3, 0.4) is 0 Å². The van der Waals surface area contributed by atoms with Crippen LogP contribution in [0.25, 0.3) is 0 Å². The summed E-state index contributed by atoms with van der Waals surface area (Å²) in [6, 6.07) is 1.90. The Morgan fingerprint density at radius 2 is 1.81 bits per heavy atom. The largest absolute Gasteiger partial charge is 0.388 e. The van der Waals surface area contributed by atoms with Crippen molar-refractivity contribution < 1.29 is 5.11 Å². The van der Waals surface area contributed by atoms with Gasteiger partial charge in [0.2, 0.25) is 0 Å². The Morgan fingerprint density at radius 1 is 1.19 bits per heavy atom. The number of aryl methyl sites for hydroxylation is 1. The third-order valence-corrected chi connectivity index (χ3v) is 4.41. The first-order valence-corrected chi connectivity index (χ1v) is 8.10. The number of hydrogen-bond acceptors (Lipinski definition) is 5. The molecule has 0 atom stereocenters. The Bertz CT molecular complexity index is 456. The molecule has 0 unspecified atom stereocenters. The van der Waals surface area contributed by atoms with Crippen LogP contribution in [0, 0.1) is 12.8 Å². The van der Waals surface area contributed by atoms with E-state index in [1.54, 1.807) is 0 Å². The molecule has 1 aromatic rings. The molecule has 0 bridgehead atoms. The van der Waals surface area contributed by atoms with Gasteiger partial charge in [0, 0.05) is 19.2 Å². The average molecular weight is 292 g/mol. The van der Waals surface area contributed by atoms with Gasteiger partial charge in [0.25, 0.3) is 0 Å². The predicted octanol–water partition coefficient (Wildman–Crippen LogP) is 2.96. The van der Waals surface area contributed by atoms with Crippen molar-refractivity contribution in [1.29, 1.82) is 0 Å². The first kappa shape index (κ1) is 16.0. The minimum atomic E-state index is -0.594. The molecule has 0 aromatic carbocycles. The van der Waals surface area contributed by atoms with E-state index in [4.69, 9.17) is 0 Å². The summed E-state index contributed by atoms with van der Waals surface area (Å²) < 4.78 is 0. The van der Waals surface area contributed by atoms with Gasteiger partial charge in [-0.05, 0) is 45.4 Å². The fourth-order valence-electron chi connectivity index (χ4n) is 2.98. The lowest BCUT2D eigenvalue weighted by atomic mass is 9.78. The molecule has 0 radical (unpaired) electrons. The van der Waals surface area contributed by atoms with E-state index >= 15 is 0 Å². The van der Waals surface area contributed by atoms with Gasteiger partial charge in [-0.15, -0.1) is 0 Å². The smallest absolute Gasteiger partial charge is 0.131 e. The van der Waals surface area contributed by atoms with Gasteiger partial charge in [-0.3, -0.25) is 0 Å². The summed E-state index contributed by atoms with van der Waals surface area (Å²) >= 11 is 0. The fraction of sp³-hybridized carbons (Fsp3) is 0.750. The standard InChI is InChI=1S/C16H28N4O/c1-4-13-6-8-16(21,9-7-13)11-18-15-10-14(17-5-2)19-12(3)20-15/h10,13,21H,4-9,11H2,1-3H3,(H2,17,18,19,20). The summed E-state index contributed by atoms with van der Waals surface area (Å²) in [5, 5.41) is 17.1. The summed E-state index contributed by atoms with van der Waals surface area (Å²) in [7, 11) is 0. The predicted molar refractivity (Wildman–Crippen MR) is 86.6 cm³/mol. The molecule has 1 aliphatic carbocycles. The summed E-state index contributed by atoms with van der Waals surface area (Å²) in [6.07, 6.45) is 5.23. The van der Waals surface area contributed by atoms with Crippen molar-refractivity contribution in [2.45, 2.75) is 58.5 Å². The van der Waals surface area contributed by atoms with E-state index in [1.807, 2.05) is 19.9 Å². The molecule has 21 heavy (non-hydrogen) atoms. The van der Waals surface area contributed by atoms with Gasteiger partial charge < -0.3 is 15.7 Å².